The van der Waals surface area contributed by atoms with Gasteiger partial charge in [-0.25, -0.2) is 9.97 Å². The Balaban J connectivity index is 1.56. The van der Waals surface area contributed by atoms with Crippen LogP contribution in [0.2, 0.25) is 0 Å². The molecule has 158 valence electrons. The maximum atomic E-state index is 13.2. The van der Waals surface area contributed by atoms with Crippen LogP contribution in [0.15, 0.2) is 36.5 Å². The van der Waals surface area contributed by atoms with E-state index in [9.17, 15) is 22.8 Å². The van der Waals surface area contributed by atoms with Crippen molar-refractivity contribution in [3.63, 3.8) is 0 Å². The Labute approximate surface area is 171 Å². The highest BCUT2D eigenvalue weighted by Gasteiger charge is 2.37. The number of alkyl halides is 3. The van der Waals surface area contributed by atoms with E-state index in [1.165, 1.54) is 6.20 Å². The standard InChI is InChI=1S/C21H21F3N4O2/c22-21(23,24)20-25-12-15(13-4-2-1-3-5-13)18(27-20)14-8-10-28(11-9-14)19(30)16-6-7-17(29)26-16/h1-5,12,14,16H,6-11H2,(H,26,29). The number of aromatic nitrogens is 2. The van der Waals surface area contributed by atoms with Gasteiger partial charge in [0.1, 0.15) is 6.04 Å². The van der Waals surface area contributed by atoms with Crippen LogP contribution in [0.4, 0.5) is 13.2 Å². The van der Waals surface area contributed by atoms with Crippen molar-refractivity contribution < 1.29 is 22.8 Å². The highest BCUT2D eigenvalue weighted by atomic mass is 19.4. The Hall–Kier alpha value is -2.97. The minimum absolute atomic E-state index is 0.124. The number of nitrogens with one attached hydrogen (secondary N) is 1. The molecule has 2 aliphatic rings. The van der Waals surface area contributed by atoms with Crippen LogP contribution in [0.25, 0.3) is 11.1 Å². The molecule has 2 saturated heterocycles. The molecule has 2 aromatic rings. The molecule has 9 heteroatoms. The van der Waals surface area contributed by atoms with E-state index in [-0.39, 0.29) is 17.7 Å². The Morgan fingerprint density at radius 1 is 1.10 bits per heavy atom. The first-order chi connectivity index (χ1) is 14.3. The number of benzene rings is 1. The first-order valence-electron chi connectivity index (χ1n) is 9.90. The highest BCUT2D eigenvalue weighted by Crippen LogP contribution is 2.36. The predicted molar refractivity (Wildman–Crippen MR) is 102 cm³/mol. The number of likely N-dealkylation sites (tertiary alicyclic amines) is 1. The molecule has 1 aromatic heterocycles. The van der Waals surface area contributed by atoms with Crippen LogP contribution in [0, 0.1) is 0 Å². The summed E-state index contributed by atoms with van der Waals surface area (Å²) in [4.78, 5) is 33.1. The molecule has 0 aliphatic carbocycles. The summed E-state index contributed by atoms with van der Waals surface area (Å²) in [5, 5.41) is 2.67. The molecule has 1 N–H and O–H groups in total. The molecule has 1 aromatic carbocycles. The Morgan fingerprint density at radius 2 is 1.80 bits per heavy atom. The zero-order chi connectivity index (χ0) is 21.3. The predicted octanol–water partition coefficient (Wildman–Crippen LogP) is 3.15. The first-order valence-corrected chi connectivity index (χ1v) is 9.90. The summed E-state index contributed by atoms with van der Waals surface area (Å²) in [6.45, 7) is 0.824. The van der Waals surface area contributed by atoms with Crippen LogP contribution in [0.1, 0.15) is 43.1 Å². The molecule has 0 radical (unpaired) electrons. The lowest BCUT2D eigenvalue weighted by atomic mass is 9.88. The summed E-state index contributed by atoms with van der Waals surface area (Å²) >= 11 is 0. The quantitative estimate of drug-likeness (QED) is 0.831. The molecule has 2 aliphatic heterocycles. The molecule has 0 saturated carbocycles. The summed E-state index contributed by atoms with van der Waals surface area (Å²) < 4.78 is 39.7. The van der Waals surface area contributed by atoms with Crippen molar-refractivity contribution in [3.05, 3.63) is 48.0 Å². The maximum absolute atomic E-state index is 13.2. The van der Waals surface area contributed by atoms with Gasteiger partial charge in [0.2, 0.25) is 17.6 Å². The number of amides is 2. The van der Waals surface area contributed by atoms with Gasteiger partial charge in [-0.3, -0.25) is 9.59 Å². The van der Waals surface area contributed by atoms with Gasteiger partial charge in [0, 0.05) is 37.2 Å². The van der Waals surface area contributed by atoms with Crippen molar-refractivity contribution in [3.8, 4) is 11.1 Å². The van der Waals surface area contributed by atoms with E-state index in [1.54, 1.807) is 4.90 Å². The van der Waals surface area contributed by atoms with Gasteiger partial charge in [0.05, 0.1) is 5.69 Å². The van der Waals surface area contributed by atoms with Gasteiger partial charge in [-0.15, -0.1) is 0 Å². The monoisotopic (exact) mass is 418 g/mol. The lowest BCUT2D eigenvalue weighted by Gasteiger charge is -2.34. The van der Waals surface area contributed by atoms with Crippen LogP contribution in [-0.2, 0) is 15.8 Å². The second kappa shape index (κ2) is 8.04. The molecular formula is C21H21F3N4O2. The van der Waals surface area contributed by atoms with Crippen LogP contribution in [-0.4, -0.2) is 45.8 Å². The molecule has 0 bridgehead atoms. The van der Waals surface area contributed by atoms with E-state index in [4.69, 9.17) is 0 Å². The van der Waals surface area contributed by atoms with Crippen molar-refractivity contribution in [2.24, 2.45) is 0 Å². The summed E-state index contributed by atoms with van der Waals surface area (Å²) in [6.07, 6.45) is -1.56. The van der Waals surface area contributed by atoms with Crippen molar-refractivity contribution in [1.29, 1.82) is 0 Å². The number of piperidine rings is 1. The fourth-order valence-electron chi connectivity index (χ4n) is 4.08. The van der Waals surface area contributed by atoms with E-state index >= 15 is 0 Å². The number of carbonyl (C=O) groups excluding carboxylic acids is 2. The molecule has 1 atom stereocenters. The third-order valence-corrected chi connectivity index (χ3v) is 5.64. The number of nitrogens with zero attached hydrogens (tertiary/aromatic N) is 3. The van der Waals surface area contributed by atoms with Crippen molar-refractivity contribution in [2.75, 3.05) is 13.1 Å². The zero-order valence-electron chi connectivity index (χ0n) is 16.2. The average molecular weight is 418 g/mol. The van der Waals surface area contributed by atoms with Crippen LogP contribution in [0.5, 0.6) is 0 Å². The summed E-state index contributed by atoms with van der Waals surface area (Å²) in [5.74, 6) is -1.62. The molecule has 30 heavy (non-hydrogen) atoms. The van der Waals surface area contributed by atoms with Crippen LogP contribution >= 0.6 is 0 Å². The Kier molecular flexibility index (Phi) is 5.44. The molecule has 4 rings (SSSR count). The fraction of sp³-hybridized carbons (Fsp3) is 0.429. The molecule has 6 nitrogen and oxygen atoms in total. The third kappa shape index (κ3) is 4.15. The summed E-state index contributed by atoms with van der Waals surface area (Å²) in [6, 6.07) is 8.60. The van der Waals surface area contributed by atoms with Crippen LogP contribution < -0.4 is 5.32 Å². The van der Waals surface area contributed by atoms with Crippen LogP contribution in [0.3, 0.4) is 0 Å². The molecule has 3 heterocycles. The van der Waals surface area contributed by atoms with Gasteiger partial charge in [-0.2, -0.15) is 13.2 Å². The van der Waals surface area contributed by atoms with E-state index < -0.39 is 18.0 Å². The summed E-state index contributed by atoms with van der Waals surface area (Å²) in [5.41, 5.74) is 1.70. The van der Waals surface area contributed by atoms with E-state index in [0.717, 1.165) is 5.56 Å². The van der Waals surface area contributed by atoms with Gasteiger partial charge >= 0.3 is 6.18 Å². The van der Waals surface area contributed by atoms with Gasteiger partial charge in [-0.1, -0.05) is 30.3 Å². The second-order valence-electron chi connectivity index (χ2n) is 7.61. The Morgan fingerprint density at radius 3 is 2.40 bits per heavy atom. The van der Waals surface area contributed by atoms with Gasteiger partial charge in [0.15, 0.2) is 0 Å². The van der Waals surface area contributed by atoms with Crippen molar-refractivity contribution in [1.82, 2.24) is 20.2 Å². The van der Waals surface area contributed by atoms with Crippen molar-refractivity contribution in [2.45, 2.75) is 43.8 Å². The van der Waals surface area contributed by atoms with E-state index in [0.29, 0.717) is 50.0 Å². The first kappa shape index (κ1) is 20.3. The van der Waals surface area contributed by atoms with Crippen molar-refractivity contribution >= 4 is 11.8 Å². The fourth-order valence-corrected chi connectivity index (χ4v) is 4.08. The average Bonchev–Trinajstić information content (AvgIpc) is 3.19. The van der Waals surface area contributed by atoms with E-state index in [2.05, 4.69) is 15.3 Å². The minimum atomic E-state index is -4.62. The Bertz CT molecular complexity index is 941. The number of hydrogen-bond acceptors (Lipinski definition) is 4. The lowest BCUT2D eigenvalue weighted by Crippen LogP contribution is -2.47. The zero-order valence-corrected chi connectivity index (χ0v) is 16.2. The number of carbonyl (C=O) groups is 2. The third-order valence-electron chi connectivity index (χ3n) is 5.64. The SMILES string of the molecule is O=C1CCC(C(=O)N2CCC(c3nc(C(F)(F)F)ncc3-c3ccccc3)CC2)N1. The smallest absolute Gasteiger partial charge is 0.344 e. The molecule has 2 amide bonds. The number of rotatable bonds is 3. The minimum Gasteiger partial charge on any atom is -0.344 e. The molecule has 0 spiro atoms. The molecule has 1 unspecified atom stereocenters. The number of hydrogen-bond donors (Lipinski definition) is 1. The van der Waals surface area contributed by atoms with E-state index in [1.807, 2.05) is 30.3 Å². The molecule has 2 fully saturated rings. The lowest BCUT2D eigenvalue weighted by molar-refractivity contribution is -0.145. The summed E-state index contributed by atoms with van der Waals surface area (Å²) in [7, 11) is 0. The normalized spacial score (nSPS) is 20.3. The topological polar surface area (TPSA) is 75.2 Å². The second-order valence-corrected chi connectivity index (χ2v) is 7.61. The largest absolute Gasteiger partial charge is 0.451 e. The van der Waals surface area contributed by atoms with Gasteiger partial charge in [-0.05, 0) is 24.8 Å². The number of halogens is 3. The highest BCUT2D eigenvalue weighted by molar-refractivity contribution is 5.90. The van der Waals surface area contributed by atoms with Gasteiger partial charge in [0.25, 0.3) is 0 Å². The van der Waals surface area contributed by atoms with Gasteiger partial charge < -0.3 is 10.2 Å². The maximum Gasteiger partial charge on any atom is 0.451 e. The molecular weight excluding hydrogens is 397 g/mol.